The first kappa shape index (κ1) is 21.8. The highest BCUT2D eigenvalue weighted by Crippen LogP contribution is 2.57. The molecule has 1 aliphatic rings. The molecule has 0 N–H and O–H groups in total. The Morgan fingerprint density at radius 1 is 0.361 bits per heavy atom. The summed E-state index contributed by atoms with van der Waals surface area (Å²) in [5.74, 6) is 0. The predicted octanol–water partition coefficient (Wildman–Crippen LogP) is 11.0. The molecule has 0 heterocycles. The SMILES string of the molecule is Brc1ccc(-c2cc(-c3ccccc3)c(-c3ccc(Br)cc3)c3c2-c2cccc4cccc-3c24)cc1. The van der Waals surface area contributed by atoms with Gasteiger partial charge in [-0.3, -0.25) is 0 Å². The van der Waals surface area contributed by atoms with E-state index in [0.29, 0.717) is 0 Å². The van der Waals surface area contributed by atoms with Crippen LogP contribution in [-0.2, 0) is 0 Å². The Kier molecular flexibility index (Phi) is 5.20. The van der Waals surface area contributed by atoms with Gasteiger partial charge >= 0.3 is 0 Å². The van der Waals surface area contributed by atoms with E-state index in [1.807, 2.05) is 0 Å². The highest BCUT2D eigenvalue weighted by molar-refractivity contribution is 9.10. The van der Waals surface area contributed by atoms with Gasteiger partial charge in [0.05, 0.1) is 0 Å². The van der Waals surface area contributed by atoms with Gasteiger partial charge in [-0.2, -0.15) is 0 Å². The lowest BCUT2D eigenvalue weighted by Gasteiger charge is -2.21. The van der Waals surface area contributed by atoms with E-state index in [9.17, 15) is 0 Å². The summed E-state index contributed by atoms with van der Waals surface area (Å²) >= 11 is 7.26. The summed E-state index contributed by atoms with van der Waals surface area (Å²) in [5.41, 5.74) is 12.7. The summed E-state index contributed by atoms with van der Waals surface area (Å²) in [4.78, 5) is 0. The Balaban J connectivity index is 1.68. The number of rotatable bonds is 3. The molecule has 170 valence electrons. The van der Waals surface area contributed by atoms with Crippen LogP contribution in [0, 0.1) is 0 Å². The molecule has 6 aromatic rings. The summed E-state index contributed by atoms with van der Waals surface area (Å²) in [6.45, 7) is 0. The minimum Gasteiger partial charge on any atom is -0.0622 e. The van der Waals surface area contributed by atoms with Crippen molar-refractivity contribution < 1.29 is 0 Å². The molecular weight excluding hydrogens is 568 g/mol. The van der Waals surface area contributed by atoms with Gasteiger partial charge in [-0.15, -0.1) is 0 Å². The Morgan fingerprint density at radius 3 is 1.53 bits per heavy atom. The first-order chi connectivity index (χ1) is 17.7. The maximum Gasteiger partial charge on any atom is 0.0175 e. The Hall–Kier alpha value is -3.46. The van der Waals surface area contributed by atoms with Crippen molar-refractivity contribution in [3.63, 3.8) is 0 Å². The second-order valence-electron chi connectivity index (χ2n) is 9.19. The Labute approximate surface area is 227 Å². The average Bonchev–Trinajstić information content (AvgIpc) is 3.26. The third kappa shape index (κ3) is 3.40. The monoisotopic (exact) mass is 586 g/mol. The first-order valence-electron chi connectivity index (χ1n) is 12.0. The maximum absolute atomic E-state index is 3.63. The average molecular weight is 588 g/mol. The van der Waals surface area contributed by atoms with Gasteiger partial charge < -0.3 is 0 Å². The second-order valence-corrected chi connectivity index (χ2v) is 11.0. The zero-order valence-electron chi connectivity index (χ0n) is 19.3. The third-order valence-electron chi connectivity index (χ3n) is 7.14. The lowest BCUT2D eigenvalue weighted by atomic mass is 9.82. The molecule has 0 amide bonds. The fourth-order valence-electron chi connectivity index (χ4n) is 5.61. The van der Waals surface area contributed by atoms with Crippen molar-refractivity contribution in [3.05, 3.63) is 130 Å². The standard InChI is InChI=1S/C34H20Br2/c35-25-16-12-22(13-17-25)30-20-29(21-6-2-1-3-7-21)32(24-14-18-26(36)19-15-24)34-28-11-5-9-23-8-4-10-27(31(23)28)33(30)34/h1-20H. The topological polar surface area (TPSA) is 0 Å². The van der Waals surface area contributed by atoms with Crippen molar-refractivity contribution in [1.29, 1.82) is 0 Å². The van der Waals surface area contributed by atoms with Gasteiger partial charge in [0.2, 0.25) is 0 Å². The van der Waals surface area contributed by atoms with Crippen molar-refractivity contribution in [2.45, 2.75) is 0 Å². The van der Waals surface area contributed by atoms with Crippen LogP contribution in [0.25, 0.3) is 66.4 Å². The van der Waals surface area contributed by atoms with E-state index >= 15 is 0 Å². The fraction of sp³-hybridized carbons (Fsp3) is 0. The molecule has 0 fully saturated rings. The number of benzene rings is 6. The molecule has 0 aromatic heterocycles. The van der Waals surface area contributed by atoms with E-state index in [1.54, 1.807) is 0 Å². The Morgan fingerprint density at radius 2 is 0.889 bits per heavy atom. The smallest absolute Gasteiger partial charge is 0.0175 e. The molecule has 0 unspecified atom stereocenters. The molecule has 0 saturated carbocycles. The summed E-state index contributed by atoms with van der Waals surface area (Å²) in [6.07, 6.45) is 0. The van der Waals surface area contributed by atoms with Crippen LogP contribution < -0.4 is 0 Å². The lowest BCUT2D eigenvalue weighted by molar-refractivity contribution is 1.55. The van der Waals surface area contributed by atoms with E-state index in [0.717, 1.165) is 8.95 Å². The van der Waals surface area contributed by atoms with E-state index in [2.05, 4.69) is 153 Å². The van der Waals surface area contributed by atoms with Crippen LogP contribution in [0.1, 0.15) is 0 Å². The third-order valence-corrected chi connectivity index (χ3v) is 8.20. The van der Waals surface area contributed by atoms with Gasteiger partial charge in [-0.1, -0.05) is 123 Å². The molecule has 0 radical (unpaired) electrons. The zero-order valence-corrected chi connectivity index (χ0v) is 22.5. The van der Waals surface area contributed by atoms with Gasteiger partial charge in [0.15, 0.2) is 0 Å². The molecule has 0 bridgehead atoms. The molecule has 6 aromatic carbocycles. The normalized spacial score (nSPS) is 11.6. The summed E-state index contributed by atoms with van der Waals surface area (Å²) < 4.78 is 2.17. The van der Waals surface area contributed by atoms with Crippen LogP contribution >= 0.6 is 31.9 Å². The van der Waals surface area contributed by atoms with Crippen LogP contribution in [0.5, 0.6) is 0 Å². The van der Waals surface area contributed by atoms with E-state index < -0.39 is 0 Å². The number of hydrogen-bond donors (Lipinski definition) is 0. The van der Waals surface area contributed by atoms with Crippen LogP contribution in [0.15, 0.2) is 130 Å². The highest BCUT2D eigenvalue weighted by atomic mass is 79.9. The number of fused-ring (bicyclic) bond motifs is 3. The number of halogens is 2. The predicted molar refractivity (Wildman–Crippen MR) is 160 cm³/mol. The molecule has 1 aliphatic carbocycles. The summed E-state index contributed by atoms with van der Waals surface area (Å²) in [6, 6.07) is 44.0. The van der Waals surface area contributed by atoms with Crippen molar-refractivity contribution in [1.82, 2.24) is 0 Å². The van der Waals surface area contributed by atoms with Crippen LogP contribution in [-0.4, -0.2) is 0 Å². The van der Waals surface area contributed by atoms with Crippen molar-refractivity contribution in [3.8, 4) is 55.6 Å². The van der Waals surface area contributed by atoms with Gasteiger partial charge in [0, 0.05) is 8.95 Å². The highest BCUT2D eigenvalue weighted by Gasteiger charge is 2.29. The maximum atomic E-state index is 3.63. The van der Waals surface area contributed by atoms with Gasteiger partial charge in [0.25, 0.3) is 0 Å². The van der Waals surface area contributed by atoms with Gasteiger partial charge in [0.1, 0.15) is 0 Å². The molecule has 0 saturated heterocycles. The van der Waals surface area contributed by atoms with Crippen LogP contribution in [0.2, 0.25) is 0 Å². The van der Waals surface area contributed by atoms with Crippen LogP contribution in [0.4, 0.5) is 0 Å². The molecule has 36 heavy (non-hydrogen) atoms. The molecule has 7 rings (SSSR count). The van der Waals surface area contributed by atoms with E-state index in [1.165, 1.54) is 66.4 Å². The molecular formula is C34H20Br2. The molecule has 0 aliphatic heterocycles. The molecule has 0 nitrogen and oxygen atoms in total. The fourth-order valence-corrected chi connectivity index (χ4v) is 6.14. The van der Waals surface area contributed by atoms with Gasteiger partial charge in [-0.25, -0.2) is 0 Å². The quantitative estimate of drug-likeness (QED) is 0.193. The summed E-state index contributed by atoms with van der Waals surface area (Å²) in [5, 5.41) is 2.63. The second kappa shape index (κ2) is 8.58. The van der Waals surface area contributed by atoms with E-state index in [4.69, 9.17) is 0 Å². The zero-order chi connectivity index (χ0) is 24.2. The van der Waals surface area contributed by atoms with Crippen molar-refractivity contribution in [2.24, 2.45) is 0 Å². The number of hydrogen-bond acceptors (Lipinski definition) is 0. The first-order valence-corrected chi connectivity index (χ1v) is 13.6. The molecule has 0 atom stereocenters. The van der Waals surface area contributed by atoms with Gasteiger partial charge in [-0.05, 0) is 96.7 Å². The molecule has 0 spiro atoms. The largest absolute Gasteiger partial charge is 0.0622 e. The minimum atomic E-state index is 1.08. The van der Waals surface area contributed by atoms with Crippen LogP contribution in [0.3, 0.4) is 0 Å². The summed E-state index contributed by atoms with van der Waals surface area (Å²) in [7, 11) is 0. The molecule has 2 heteroatoms. The van der Waals surface area contributed by atoms with Crippen molar-refractivity contribution in [2.75, 3.05) is 0 Å². The lowest BCUT2D eigenvalue weighted by Crippen LogP contribution is -1.94. The minimum absolute atomic E-state index is 1.08. The Bertz CT molecular complexity index is 1760. The van der Waals surface area contributed by atoms with E-state index in [-0.39, 0.29) is 0 Å². The van der Waals surface area contributed by atoms with Crippen molar-refractivity contribution >= 4 is 42.6 Å².